The maximum absolute atomic E-state index is 5.81. The normalized spacial score (nSPS) is 38.9. The van der Waals surface area contributed by atoms with Crippen LogP contribution in [0.2, 0.25) is 0 Å². The fraction of sp³-hybridized carbons (Fsp3) is 0.750. The molecule has 2 unspecified atom stereocenters. The average molecular weight is 139 g/mol. The summed E-state index contributed by atoms with van der Waals surface area (Å²) < 4.78 is 5.60. The smallest absolute Gasteiger partial charge is 0.0971 e. The summed E-state index contributed by atoms with van der Waals surface area (Å²) in [6.45, 7) is 2.11. The molecule has 0 aromatic rings. The van der Waals surface area contributed by atoms with Gasteiger partial charge in [0.25, 0.3) is 0 Å². The second-order valence-electron chi connectivity index (χ2n) is 3.26. The minimum atomic E-state index is 0.263. The van der Waals surface area contributed by atoms with Crippen LogP contribution in [-0.4, -0.2) is 12.2 Å². The quantitative estimate of drug-likeness (QED) is 0.546. The second kappa shape index (κ2) is 1.99. The molecule has 2 nitrogen and oxygen atoms in total. The van der Waals surface area contributed by atoms with Gasteiger partial charge in [-0.15, -0.1) is 0 Å². The van der Waals surface area contributed by atoms with Crippen molar-refractivity contribution >= 4 is 0 Å². The molecule has 0 aliphatic carbocycles. The fourth-order valence-electron chi connectivity index (χ4n) is 1.82. The lowest BCUT2D eigenvalue weighted by Gasteiger charge is -2.22. The van der Waals surface area contributed by atoms with Crippen LogP contribution in [0.5, 0.6) is 0 Å². The van der Waals surface area contributed by atoms with Crippen molar-refractivity contribution in [3.63, 3.8) is 0 Å². The second-order valence-corrected chi connectivity index (χ2v) is 3.26. The molecule has 2 atom stereocenters. The molecule has 0 radical (unpaired) electrons. The van der Waals surface area contributed by atoms with E-state index in [2.05, 4.69) is 6.92 Å². The highest BCUT2D eigenvalue weighted by molar-refractivity contribution is 5.19. The van der Waals surface area contributed by atoms with Crippen molar-refractivity contribution in [1.29, 1.82) is 0 Å². The maximum atomic E-state index is 5.81. The molecule has 2 bridgehead atoms. The van der Waals surface area contributed by atoms with Gasteiger partial charge < -0.3 is 10.5 Å². The van der Waals surface area contributed by atoms with E-state index in [4.69, 9.17) is 10.5 Å². The lowest BCUT2D eigenvalue weighted by molar-refractivity contribution is 0.0521. The topological polar surface area (TPSA) is 35.2 Å². The van der Waals surface area contributed by atoms with Crippen molar-refractivity contribution in [2.24, 2.45) is 5.73 Å². The van der Waals surface area contributed by atoms with Crippen molar-refractivity contribution in [3.8, 4) is 0 Å². The lowest BCUT2D eigenvalue weighted by Crippen LogP contribution is -2.25. The van der Waals surface area contributed by atoms with Crippen molar-refractivity contribution in [2.45, 2.75) is 38.4 Å². The number of nitrogens with two attached hydrogens (primary N) is 1. The summed E-state index contributed by atoms with van der Waals surface area (Å²) in [5, 5.41) is 0. The minimum absolute atomic E-state index is 0.263. The Balaban J connectivity index is 2.28. The Kier molecular flexibility index (Phi) is 1.24. The summed E-state index contributed by atoms with van der Waals surface area (Å²) in [5.41, 5.74) is 8.15. The van der Waals surface area contributed by atoms with Crippen LogP contribution >= 0.6 is 0 Å². The molecule has 0 amide bonds. The Hall–Kier alpha value is -0.500. The molecule has 1 saturated heterocycles. The van der Waals surface area contributed by atoms with E-state index in [1.807, 2.05) is 0 Å². The van der Waals surface area contributed by atoms with E-state index in [-0.39, 0.29) is 6.10 Å². The van der Waals surface area contributed by atoms with Gasteiger partial charge in [0.2, 0.25) is 0 Å². The molecule has 56 valence electrons. The standard InChI is InChI=1S/C8H13NO/c1-5-4-6-2-3-7(10-6)8(5)9/h6-7H,2-4,9H2,1H3. The maximum Gasteiger partial charge on any atom is 0.0971 e. The summed E-state index contributed by atoms with van der Waals surface area (Å²) in [6.07, 6.45) is 4.13. The molecular weight excluding hydrogens is 126 g/mol. The first-order chi connectivity index (χ1) is 4.77. The number of rotatable bonds is 0. The van der Waals surface area contributed by atoms with Crippen LogP contribution in [0.25, 0.3) is 0 Å². The summed E-state index contributed by atoms with van der Waals surface area (Å²) in [6, 6.07) is 0. The molecule has 1 fully saturated rings. The SMILES string of the molecule is CC1=C(N)C2CCC(C1)O2. The Bertz CT molecular complexity index is 186. The Morgan fingerprint density at radius 3 is 3.10 bits per heavy atom. The van der Waals surface area contributed by atoms with Gasteiger partial charge in [-0.3, -0.25) is 0 Å². The number of hydrogen-bond donors (Lipinski definition) is 1. The third kappa shape index (κ3) is 0.754. The zero-order valence-corrected chi connectivity index (χ0v) is 6.26. The highest BCUT2D eigenvalue weighted by atomic mass is 16.5. The molecule has 0 spiro atoms. The highest BCUT2D eigenvalue weighted by Crippen LogP contribution is 2.33. The van der Waals surface area contributed by atoms with Crippen LogP contribution in [0.3, 0.4) is 0 Å². The third-order valence-electron chi connectivity index (χ3n) is 2.48. The van der Waals surface area contributed by atoms with Gasteiger partial charge in [0.05, 0.1) is 12.2 Å². The van der Waals surface area contributed by atoms with Crippen LogP contribution < -0.4 is 5.73 Å². The molecule has 2 rings (SSSR count). The van der Waals surface area contributed by atoms with Crippen molar-refractivity contribution < 1.29 is 4.74 Å². The van der Waals surface area contributed by atoms with E-state index < -0.39 is 0 Å². The molecular formula is C8H13NO. The predicted molar refractivity (Wildman–Crippen MR) is 39.4 cm³/mol. The van der Waals surface area contributed by atoms with E-state index >= 15 is 0 Å². The van der Waals surface area contributed by atoms with E-state index in [0.717, 1.165) is 18.5 Å². The Morgan fingerprint density at radius 2 is 2.30 bits per heavy atom. The van der Waals surface area contributed by atoms with E-state index in [9.17, 15) is 0 Å². The number of fused-ring (bicyclic) bond motifs is 2. The van der Waals surface area contributed by atoms with Crippen LogP contribution in [0.15, 0.2) is 11.3 Å². The molecule has 0 saturated carbocycles. The van der Waals surface area contributed by atoms with Gasteiger partial charge in [-0.25, -0.2) is 0 Å². The first kappa shape index (κ1) is 6.23. The molecule has 10 heavy (non-hydrogen) atoms. The molecule has 2 heterocycles. The van der Waals surface area contributed by atoms with Gasteiger partial charge in [0.1, 0.15) is 0 Å². The minimum Gasteiger partial charge on any atom is -0.400 e. The van der Waals surface area contributed by atoms with Crippen LogP contribution in [0, 0.1) is 0 Å². The van der Waals surface area contributed by atoms with Gasteiger partial charge >= 0.3 is 0 Å². The van der Waals surface area contributed by atoms with Crippen molar-refractivity contribution in [1.82, 2.24) is 0 Å². The Morgan fingerprint density at radius 1 is 1.50 bits per heavy atom. The molecule has 2 aliphatic rings. The van der Waals surface area contributed by atoms with Gasteiger partial charge in [-0.05, 0) is 31.8 Å². The first-order valence-electron chi connectivity index (χ1n) is 3.88. The van der Waals surface area contributed by atoms with Crippen molar-refractivity contribution in [2.75, 3.05) is 0 Å². The number of hydrogen-bond acceptors (Lipinski definition) is 2. The highest BCUT2D eigenvalue weighted by Gasteiger charge is 2.32. The molecule has 0 aromatic heterocycles. The average Bonchev–Trinajstić information content (AvgIpc) is 2.29. The summed E-state index contributed by atoms with van der Waals surface area (Å²) in [7, 11) is 0. The van der Waals surface area contributed by atoms with E-state index in [1.54, 1.807) is 0 Å². The zero-order valence-electron chi connectivity index (χ0n) is 6.26. The third-order valence-corrected chi connectivity index (χ3v) is 2.48. The van der Waals surface area contributed by atoms with Gasteiger partial charge in [0.15, 0.2) is 0 Å². The van der Waals surface area contributed by atoms with Crippen LogP contribution in [0.1, 0.15) is 26.2 Å². The largest absolute Gasteiger partial charge is 0.400 e. The van der Waals surface area contributed by atoms with E-state index in [0.29, 0.717) is 6.10 Å². The number of ether oxygens (including phenoxy) is 1. The molecule has 0 aromatic carbocycles. The monoisotopic (exact) mass is 139 g/mol. The predicted octanol–water partition coefficient (Wildman–Crippen LogP) is 1.17. The first-order valence-corrected chi connectivity index (χ1v) is 3.88. The van der Waals surface area contributed by atoms with Gasteiger partial charge in [0, 0.05) is 5.70 Å². The summed E-state index contributed by atoms with van der Waals surface area (Å²) in [5.74, 6) is 0. The van der Waals surface area contributed by atoms with Crippen LogP contribution in [-0.2, 0) is 4.74 Å². The van der Waals surface area contributed by atoms with Gasteiger partial charge in [-0.1, -0.05) is 0 Å². The zero-order chi connectivity index (χ0) is 7.14. The summed E-state index contributed by atoms with van der Waals surface area (Å²) >= 11 is 0. The summed E-state index contributed by atoms with van der Waals surface area (Å²) in [4.78, 5) is 0. The fourth-order valence-corrected chi connectivity index (χ4v) is 1.82. The molecule has 2 N–H and O–H groups in total. The van der Waals surface area contributed by atoms with E-state index in [1.165, 1.54) is 12.0 Å². The molecule has 2 aliphatic heterocycles. The van der Waals surface area contributed by atoms with Gasteiger partial charge in [-0.2, -0.15) is 0 Å². The lowest BCUT2D eigenvalue weighted by atomic mass is 10.1. The molecule has 2 heteroatoms. The van der Waals surface area contributed by atoms with Crippen molar-refractivity contribution in [3.05, 3.63) is 11.3 Å². The van der Waals surface area contributed by atoms with Crippen LogP contribution in [0.4, 0.5) is 0 Å². The Labute approximate surface area is 61.0 Å².